The van der Waals surface area contributed by atoms with Gasteiger partial charge < -0.3 is 8.83 Å². The number of aromatic nitrogens is 2. The Labute approximate surface area is 315 Å². The lowest BCUT2D eigenvalue weighted by molar-refractivity contribution is 0.670. The molecular weight excluding hydrogens is 673 g/mol. The molecule has 0 fully saturated rings. The van der Waals surface area contributed by atoms with Crippen molar-refractivity contribution in [3.63, 3.8) is 0 Å². The third kappa shape index (κ3) is 4.49. The van der Waals surface area contributed by atoms with Crippen LogP contribution >= 0.6 is 0 Å². The highest BCUT2D eigenvalue weighted by Gasteiger charge is 2.23. The van der Waals surface area contributed by atoms with E-state index in [9.17, 15) is 0 Å². The van der Waals surface area contributed by atoms with Gasteiger partial charge in [-0.25, -0.2) is 4.98 Å². The van der Waals surface area contributed by atoms with E-state index in [4.69, 9.17) is 13.8 Å². The van der Waals surface area contributed by atoms with Gasteiger partial charge in [-0.05, 0) is 87.3 Å². The number of rotatable bonds is 4. The molecule has 0 aliphatic rings. The van der Waals surface area contributed by atoms with Crippen molar-refractivity contribution in [1.82, 2.24) is 9.55 Å². The minimum Gasteiger partial charge on any atom is -0.455 e. The van der Waals surface area contributed by atoms with Crippen molar-refractivity contribution in [3.8, 4) is 39.3 Å². The van der Waals surface area contributed by atoms with Crippen LogP contribution in [0.4, 0.5) is 0 Å². The Morgan fingerprint density at radius 2 is 0.873 bits per heavy atom. The highest BCUT2D eigenvalue weighted by atomic mass is 16.3. The Kier molecular flexibility index (Phi) is 6.31. The monoisotopic (exact) mass is 702 g/mol. The Morgan fingerprint density at radius 3 is 1.47 bits per heavy atom. The summed E-state index contributed by atoms with van der Waals surface area (Å²) in [6.45, 7) is 0. The van der Waals surface area contributed by atoms with Gasteiger partial charge in [0, 0.05) is 43.9 Å². The molecule has 0 aliphatic heterocycles. The van der Waals surface area contributed by atoms with E-state index in [0.29, 0.717) is 0 Å². The summed E-state index contributed by atoms with van der Waals surface area (Å²) in [5, 5.41) is 8.97. The molecule has 0 unspecified atom stereocenters. The molecule has 0 saturated heterocycles. The second-order valence-corrected chi connectivity index (χ2v) is 14.3. The van der Waals surface area contributed by atoms with Gasteiger partial charge in [0.15, 0.2) is 0 Å². The van der Waals surface area contributed by atoms with E-state index >= 15 is 0 Å². The first kappa shape index (κ1) is 30.1. The lowest BCUT2D eigenvalue weighted by atomic mass is 9.90. The average molecular weight is 703 g/mol. The quantitative estimate of drug-likeness (QED) is 0.183. The minimum atomic E-state index is 0.869. The smallest absolute Gasteiger partial charge is 0.145 e. The van der Waals surface area contributed by atoms with Crippen LogP contribution in [0.5, 0.6) is 0 Å². The lowest BCUT2D eigenvalue weighted by Gasteiger charge is -2.17. The summed E-state index contributed by atoms with van der Waals surface area (Å²) in [6, 6.07) is 64.3. The Morgan fingerprint density at radius 1 is 0.382 bits per heavy atom. The van der Waals surface area contributed by atoms with Gasteiger partial charge in [-0.2, -0.15) is 0 Å². The minimum absolute atomic E-state index is 0.869. The Balaban J connectivity index is 1.27. The first-order valence-electron chi connectivity index (χ1n) is 18.6. The van der Waals surface area contributed by atoms with E-state index in [0.717, 1.165) is 116 Å². The van der Waals surface area contributed by atoms with Gasteiger partial charge in [-0.3, -0.25) is 4.57 Å². The van der Waals surface area contributed by atoms with Crippen molar-refractivity contribution in [2.45, 2.75) is 0 Å². The van der Waals surface area contributed by atoms with Gasteiger partial charge in [-0.1, -0.05) is 127 Å². The van der Waals surface area contributed by atoms with Gasteiger partial charge in [0.1, 0.15) is 28.2 Å². The maximum Gasteiger partial charge on any atom is 0.145 e. The SMILES string of the molecule is c1ccc(-c2nc3ccccc3n2-c2cc(-c3c4ccccc4cc4c3oc3ccccc34)cc(-c3c4ccccc4cc4c3oc3ccccc34)c2)cc1. The van der Waals surface area contributed by atoms with E-state index in [-0.39, 0.29) is 0 Å². The number of nitrogens with zero attached hydrogens (tertiary/aromatic N) is 2. The zero-order chi connectivity index (χ0) is 36.0. The molecule has 0 radical (unpaired) electrons. The number of furan rings is 2. The third-order valence-corrected chi connectivity index (χ3v) is 11.1. The zero-order valence-electron chi connectivity index (χ0n) is 29.5. The Hall–Kier alpha value is -7.43. The van der Waals surface area contributed by atoms with Gasteiger partial charge in [-0.15, -0.1) is 0 Å². The van der Waals surface area contributed by atoms with Crippen LogP contribution in [-0.4, -0.2) is 9.55 Å². The summed E-state index contributed by atoms with van der Waals surface area (Å²) in [6.07, 6.45) is 0. The van der Waals surface area contributed by atoms with Gasteiger partial charge >= 0.3 is 0 Å². The fraction of sp³-hybridized carbons (Fsp3) is 0. The van der Waals surface area contributed by atoms with Crippen LogP contribution in [0, 0.1) is 0 Å². The first-order valence-corrected chi connectivity index (χ1v) is 18.6. The number of benzene rings is 9. The summed E-state index contributed by atoms with van der Waals surface area (Å²) in [7, 11) is 0. The molecule has 0 spiro atoms. The number of hydrogen-bond acceptors (Lipinski definition) is 3. The number of imidazole rings is 1. The zero-order valence-corrected chi connectivity index (χ0v) is 29.5. The summed E-state index contributed by atoms with van der Waals surface area (Å²) in [5.41, 5.74) is 11.7. The Bertz CT molecular complexity index is 3320. The predicted octanol–water partition coefficient (Wildman–Crippen LogP) is 14.1. The van der Waals surface area contributed by atoms with Crippen LogP contribution in [0.1, 0.15) is 0 Å². The molecule has 0 aliphatic carbocycles. The second kappa shape index (κ2) is 11.5. The lowest BCUT2D eigenvalue weighted by Crippen LogP contribution is -1.99. The van der Waals surface area contributed by atoms with Crippen LogP contribution in [0.2, 0.25) is 0 Å². The molecule has 4 nitrogen and oxygen atoms in total. The van der Waals surface area contributed by atoms with Crippen molar-refractivity contribution < 1.29 is 8.83 Å². The number of fused-ring (bicyclic) bond motifs is 9. The largest absolute Gasteiger partial charge is 0.455 e. The van der Waals surface area contributed by atoms with E-state index in [1.165, 1.54) is 0 Å². The van der Waals surface area contributed by atoms with Crippen LogP contribution in [-0.2, 0) is 0 Å². The van der Waals surface area contributed by atoms with Crippen LogP contribution in [0.15, 0.2) is 191 Å². The summed E-state index contributed by atoms with van der Waals surface area (Å²) in [4.78, 5) is 5.25. The van der Waals surface area contributed by atoms with Gasteiger partial charge in [0.25, 0.3) is 0 Å². The maximum absolute atomic E-state index is 6.83. The van der Waals surface area contributed by atoms with E-state index < -0.39 is 0 Å². The van der Waals surface area contributed by atoms with Crippen LogP contribution in [0.25, 0.3) is 116 Å². The number of hydrogen-bond donors (Lipinski definition) is 0. The summed E-state index contributed by atoms with van der Waals surface area (Å²) < 4.78 is 16.0. The second-order valence-electron chi connectivity index (χ2n) is 14.3. The highest BCUT2D eigenvalue weighted by molar-refractivity contribution is 6.21. The molecule has 4 heteroatoms. The summed E-state index contributed by atoms with van der Waals surface area (Å²) >= 11 is 0. The topological polar surface area (TPSA) is 44.1 Å². The molecule has 0 N–H and O–H groups in total. The number of para-hydroxylation sites is 4. The fourth-order valence-corrected chi connectivity index (χ4v) is 8.72. The van der Waals surface area contributed by atoms with Crippen molar-refractivity contribution in [3.05, 3.63) is 182 Å². The molecule has 9 aromatic carbocycles. The molecular formula is C51H30N2O2. The molecule has 0 bridgehead atoms. The summed E-state index contributed by atoms with van der Waals surface area (Å²) in [5.74, 6) is 0.878. The highest BCUT2D eigenvalue weighted by Crippen LogP contribution is 2.46. The fourth-order valence-electron chi connectivity index (χ4n) is 8.72. The predicted molar refractivity (Wildman–Crippen MR) is 227 cm³/mol. The van der Waals surface area contributed by atoms with E-state index in [2.05, 4.69) is 168 Å². The molecule has 0 amide bonds. The molecule has 3 heterocycles. The van der Waals surface area contributed by atoms with Crippen molar-refractivity contribution in [2.75, 3.05) is 0 Å². The van der Waals surface area contributed by atoms with E-state index in [1.54, 1.807) is 0 Å². The van der Waals surface area contributed by atoms with Crippen LogP contribution in [0.3, 0.4) is 0 Å². The molecule has 12 aromatic rings. The average Bonchev–Trinajstić information content (AvgIpc) is 3.93. The molecule has 3 aromatic heterocycles. The normalized spacial score (nSPS) is 12.0. The van der Waals surface area contributed by atoms with Crippen molar-refractivity contribution in [2.24, 2.45) is 0 Å². The van der Waals surface area contributed by atoms with Crippen molar-refractivity contribution >= 4 is 76.5 Å². The first-order chi connectivity index (χ1) is 27.3. The molecule has 12 rings (SSSR count). The van der Waals surface area contributed by atoms with Crippen molar-refractivity contribution in [1.29, 1.82) is 0 Å². The molecule has 256 valence electrons. The van der Waals surface area contributed by atoms with Crippen LogP contribution < -0.4 is 0 Å². The standard InChI is InChI=1S/C51H30N2O2/c1-2-14-31(15-3-1)51-52-43-22-10-11-23-44(43)53(51)36-27-34(47-37-18-6-4-16-32(37)29-41-39-20-8-12-24-45(39)54-49(41)47)26-35(28-36)48-38-19-7-5-17-33(38)30-42-40-21-9-13-25-46(40)55-50(42)48/h1-30H. The van der Waals surface area contributed by atoms with Gasteiger partial charge in [0.05, 0.1) is 11.0 Å². The molecule has 0 saturated carbocycles. The van der Waals surface area contributed by atoms with Gasteiger partial charge in [0.2, 0.25) is 0 Å². The molecule has 55 heavy (non-hydrogen) atoms. The maximum atomic E-state index is 6.83. The molecule has 0 atom stereocenters. The van der Waals surface area contributed by atoms with E-state index in [1.807, 2.05) is 18.2 Å². The third-order valence-electron chi connectivity index (χ3n) is 11.1.